The van der Waals surface area contributed by atoms with E-state index < -0.39 is 9.96 Å². The number of hydrogen-bond acceptors (Lipinski definition) is 3. The fourth-order valence-corrected chi connectivity index (χ4v) is 6.20. The summed E-state index contributed by atoms with van der Waals surface area (Å²) < 4.78 is 0.122. The van der Waals surface area contributed by atoms with Gasteiger partial charge >= 0.3 is 0 Å². The first kappa shape index (κ1) is 26.4. The summed E-state index contributed by atoms with van der Waals surface area (Å²) in [5.74, 6) is -0.329. The smallest absolute Gasteiger partial charge is 0.250 e. The molecule has 1 amide bonds. The van der Waals surface area contributed by atoms with E-state index in [4.69, 9.17) is 70.2 Å². The Kier molecular flexibility index (Phi) is 7.47. The van der Waals surface area contributed by atoms with Gasteiger partial charge in [0.1, 0.15) is 10.7 Å². The molecule has 0 aromatic carbocycles. The van der Waals surface area contributed by atoms with E-state index in [1.165, 1.54) is 0 Å². The Morgan fingerprint density at radius 2 is 1.91 bits per heavy atom. The Morgan fingerprint density at radius 3 is 2.56 bits per heavy atom. The number of alkyl halides is 3. The minimum atomic E-state index is -1.85. The molecule has 34 heavy (non-hydrogen) atoms. The molecular formula is C22H25Cl5N4O2S. The monoisotopic (exact) mass is 584 g/mol. The van der Waals surface area contributed by atoms with Gasteiger partial charge in [-0.3, -0.25) is 9.59 Å². The number of carbonyl (C=O) groups excluding carboxylic acids is 1. The third-order valence-electron chi connectivity index (χ3n) is 7.15. The van der Waals surface area contributed by atoms with E-state index in [-0.39, 0.29) is 45.0 Å². The molecule has 6 nitrogen and oxygen atoms in total. The molecular weight excluding hydrogens is 562 g/mol. The molecule has 1 saturated heterocycles. The predicted octanol–water partition coefficient (Wildman–Crippen LogP) is 4.55. The highest BCUT2D eigenvalue weighted by Gasteiger charge is 2.61. The summed E-state index contributed by atoms with van der Waals surface area (Å²) in [7, 11) is 0. The molecule has 2 bridgehead atoms. The Balaban J connectivity index is 1.45. The van der Waals surface area contributed by atoms with E-state index in [2.05, 4.69) is 10.6 Å². The van der Waals surface area contributed by atoms with Crippen LogP contribution in [0, 0.1) is 23.2 Å². The lowest BCUT2D eigenvalue weighted by Crippen LogP contribution is -2.60. The molecule has 1 aromatic rings. The van der Waals surface area contributed by atoms with Gasteiger partial charge in [-0.05, 0) is 48.0 Å². The van der Waals surface area contributed by atoms with Crippen LogP contribution in [0.4, 0.5) is 0 Å². The van der Waals surface area contributed by atoms with Crippen molar-refractivity contribution in [2.24, 2.45) is 23.2 Å². The van der Waals surface area contributed by atoms with Crippen molar-refractivity contribution < 1.29 is 4.79 Å². The summed E-state index contributed by atoms with van der Waals surface area (Å²) in [6.45, 7) is 5.84. The van der Waals surface area contributed by atoms with Gasteiger partial charge in [-0.2, -0.15) is 0 Å². The first-order valence-electron chi connectivity index (χ1n) is 10.9. The number of pyridine rings is 1. The number of amides is 1. The number of fused-ring (bicyclic) bond motifs is 4. The second-order valence-corrected chi connectivity index (χ2v) is 13.6. The van der Waals surface area contributed by atoms with Crippen LogP contribution in [0.5, 0.6) is 0 Å². The fourth-order valence-electron chi connectivity index (χ4n) is 5.33. The summed E-state index contributed by atoms with van der Waals surface area (Å²) in [6.07, 6.45) is 1.61. The average Bonchev–Trinajstić information content (AvgIpc) is 3.26. The van der Waals surface area contributed by atoms with Gasteiger partial charge in [0.2, 0.25) is 9.70 Å². The first-order valence-corrected chi connectivity index (χ1v) is 13.2. The van der Waals surface area contributed by atoms with Gasteiger partial charge in [0.15, 0.2) is 5.11 Å². The van der Waals surface area contributed by atoms with E-state index >= 15 is 0 Å². The summed E-state index contributed by atoms with van der Waals surface area (Å²) in [5.41, 5.74) is 0.704. The van der Waals surface area contributed by atoms with Crippen LogP contribution < -0.4 is 16.2 Å². The Morgan fingerprint density at radius 1 is 1.21 bits per heavy atom. The third kappa shape index (κ3) is 5.35. The highest BCUT2D eigenvalue weighted by molar-refractivity contribution is 7.80. The predicted molar refractivity (Wildman–Crippen MR) is 142 cm³/mol. The minimum absolute atomic E-state index is 0.0203. The highest BCUT2D eigenvalue weighted by atomic mass is 35.6. The fraction of sp³-hybridized carbons (Fsp3) is 0.591. The zero-order chi connectivity index (χ0) is 25.0. The van der Waals surface area contributed by atoms with Crippen LogP contribution in [0.3, 0.4) is 0 Å². The molecule has 4 rings (SSSR count). The number of nitrogens with one attached hydrogen (secondary N) is 2. The molecule has 2 fully saturated rings. The summed E-state index contributed by atoms with van der Waals surface area (Å²) in [5, 5.41) is 6.22. The lowest BCUT2D eigenvalue weighted by molar-refractivity contribution is -0.123. The van der Waals surface area contributed by atoms with Crippen LogP contribution in [0.25, 0.3) is 0 Å². The zero-order valence-electron chi connectivity index (χ0n) is 18.5. The molecule has 2 N–H and O–H groups in total. The molecule has 0 radical (unpaired) electrons. The molecule has 3 heterocycles. The van der Waals surface area contributed by atoms with Crippen LogP contribution in [0.15, 0.2) is 33.6 Å². The molecule has 1 aliphatic carbocycles. The van der Waals surface area contributed by atoms with Gasteiger partial charge in [-0.15, -0.1) is 0 Å². The largest absolute Gasteiger partial charge is 0.348 e. The number of hydrogen-bond donors (Lipinski definition) is 2. The summed E-state index contributed by atoms with van der Waals surface area (Å²) in [4.78, 5) is 27.3. The first-order chi connectivity index (χ1) is 15.8. The van der Waals surface area contributed by atoms with E-state index in [9.17, 15) is 9.59 Å². The van der Waals surface area contributed by atoms with Crippen LogP contribution in [-0.2, 0) is 11.3 Å². The molecule has 186 valence electrons. The number of rotatable bonds is 4. The quantitative estimate of drug-likeness (QED) is 0.308. The van der Waals surface area contributed by atoms with E-state index in [1.807, 2.05) is 29.4 Å². The minimum Gasteiger partial charge on any atom is -0.348 e. The second-order valence-electron chi connectivity index (χ2n) is 9.82. The SMILES string of the molecule is CC1(C)[C@H](C=C(Cl)Cl)[C@H]1C(=O)N[C@H](NC(=S)N1C[C@@H]2C[C@@H](C1)c1cccc(=O)n1C2)C(Cl)(Cl)Cl. The number of halogens is 5. The lowest BCUT2D eigenvalue weighted by atomic mass is 9.83. The van der Waals surface area contributed by atoms with Crippen LogP contribution in [-0.4, -0.2) is 43.5 Å². The third-order valence-corrected chi connectivity index (χ3v) is 8.43. The van der Waals surface area contributed by atoms with Crippen molar-refractivity contribution in [1.82, 2.24) is 20.1 Å². The number of thiocarbonyl (C=S) groups is 1. The van der Waals surface area contributed by atoms with Gasteiger partial charge in [0.25, 0.3) is 5.56 Å². The topological polar surface area (TPSA) is 66.4 Å². The Labute approximate surface area is 228 Å². The number of piperidine rings is 1. The standard InChI is InChI=1S/C22H25Cl5N4O2S/c1-21(2)13(7-15(23)24)17(21)18(33)28-19(22(25,26)27)29-20(34)30-8-11-6-12(10-30)14-4-3-5-16(32)31(14)9-11/h3-5,7,11-13,17,19H,6,8-10H2,1-2H3,(H,28,33)(H,29,34)/t11-,12-,13+,17-,19+/m0/s1. The Hall–Kier alpha value is -0.700. The van der Waals surface area contributed by atoms with Crippen molar-refractivity contribution in [3.05, 3.63) is 44.8 Å². The van der Waals surface area contributed by atoms with Crippen LogP contribution in [0.1, 0.15) is 31.9 Å². The van der Waals surface area contributed by atoms with Gasteiger partial charge in [-0.1, -0.05) is 77.9 Å². The van der Waals surface area contributed by atoms with Crippen molar-refractivity contribution in [2.45, 2.75) is 42.7 Å². The second kappa shape index (κ2) is 9.64. The zero-order valence-corrected chi connectivity index (χ0v) is 23.1. The van der Waals surface area contributed by atoms with E-state index in [0.29, 0.717) is 24.7 Å². The Bertz CT molecular complexity index is 1080. The number of nitrogens with zero attached hydrogens (tertiary/aromatic N) is 2. The molecule has 0 unspecified atom stereocenters. The van der Waals surface area contributed by atoms with Crippen molar-refractivity contribution >= 4 is 81.2 Å². The number of allylic oxidation sites excluding steroid dienone is 1. The molecule has 2 aliphatic heterocycles. The van der Waals surface area contributed by atoms with E-state index in [0.717, 1.165) is 12.1 Å². The van der Waals surface area contributed by atoms with Gasteiger partial charge < -0.3 is 20.1 Å². The van der Waals surface area contributed by atoms with Crippen molar-refractivity contribution in [3.8, 4) is 0 Å². The van der Waals surface area contributed by atoms with Gasteiger partial charge in [-0.25, -0.2) is 0 Å². The van der Waals surface area contributed by atoms with Gasteiger partial charge in [0, 0.05) is 37.3 Å². The average molecular weight is 587 g/mol. The van der Waals surface area contributed by atoms with E-state index in [1.54, 1.807) is 18.2 Å². The molecule has 1 saturated carbocycles. The maximum atomic E-state index is 13.0. The summed E-state index contributed by atoms with van der Waals surface area (Å²) >= 11 is 35.9. The van der Waals surface area contributed by atoms with Crippen LogP contribution >= 0.6 is 70.2 Å². The van der Waals surface area contributed by atoms with Crippen LogP contribution in [0.2, 0.25) is 0 Å². The normalized spacial score (nSPS) is 27.8. The number of likely N-dealkylation sites (tertiary alicyclic amines) is 1. The maximum Gasteiger partial charge on any atom is 0.250 e. The molecule has 12 heteroatoms. The van der Waals surface area contributed by atoms with Crippen molar-refractivity contribution in [1.29, 1.82) is 0 Å². The maximum absolute atomic E-state index is 13.0. The molecule has 3 aliphatic rings. The summed E-state index contributed by atoms with van der Waals surface area (Å²) in [6, 6.07) is 5.37. The number of aromatic nitrogens is 1. The van der Waals surface area contributed by atoms with Crippen molar-refractivity contribution in [3.63, 3.8) is 0 Å². The van der Waals surface area contributed by atoms with Gasteiger partial charge in [0.05, 0.1) is 5.92 Å². The lowest BCUT2D eigenvalue weighted by Gasteiger charge is -2.44. The highest BCUT2D eigenvalue weighted by Crippen LogP contribution is 2.59. The number of carbonyl (C=O) groups is 1. The molecule has 5 atom stereocenters. The molecule has 1 aromatic heterocycles. The van der Waals surface area contributed by atoms with Crippen molar-refractivity contribution in [2.75, 3.05) is 13.1 Å². The molecule has 0 spiro atoms.